The molecule has 10 heteroatoms. The van der Waals surface area contributed by atoms with Gasteiger partial charge in [0.05, 0.1) is 18.6 Å². The number of methoxy groups -OCH3 is 1. The van der Waals surface area contributed by atoms with E-state index in [4.69, 9.17) is 32.7 Å². The molecule has 2 aliphatic heterocycles. The van der Waals surface area contributed by atoms with E-state index >= 15 is 0 Å². The maximum absolute atomic E-state index is 14.7. The number of esters is 1. The third-order valence-corrected chi connectivity index (χ3v) is 8.45. The topological polar surface area (TPSA) is 93.7 Å². The van der Waals surface area contributed by atoms with Crippen LogP contribution in [0.2, 0.25) is 10.0 Å². The van der Waals surface area contributed by atoms with Gasteiger partial charge >= 0.3 is 5.97 Å². The van der Waals surface area contributed by atoms with Gasteiger partial charge in [0.25, 0.3) is 0 Å². The normalized spacial score (nSPS) is 21.7. The van der Waals surface area contributed by atoms with Gasteiger partial charge in [0.1, 0.15) is 23.6 Å². The summed E-state index contributed by atoms with van der Waals surface area (Å²) in [5.41, 5.74) is 0.373. The van der Waals surface area contributed by atoms with Gasteiger partial charge in [0.15, 0.2) is 0 Å². The number of ether oxygens (including phenoxy) is 2. The molecule has 41 heavy (non-hydrogen) atoms. The van der Waals surface area contributed by atoms with Crippen molar-refractivity contribution in [2.45, 2.75) is 44.6 Å². The van der Waals surface area contributed by atoms with Crippen LogP contribution in [0, 0.1) is 18.2 Å². The first-order chi connectivity index (χ1) is 19.4. The van der Waals surface area contributed by atoms with Crippen LogP contribution in [0.15, 0.2) is 54.6 Å². The summed E-state index contributed by atoms with van der Waals surface area (Å²) >= 11 is 12.8. The molecule has 0 saturated carbocycles. The summed E-state index contributed by atoms with van der Waals surface area (Å²) in [6.07, 6.45) is -0.0859. The molecule has 5 rings (SSSR count). The van der Waals surface area contributed by atoms with E-state index in [1.165, 1.54) is 19.2 Å². The predicted octanol–water partition coefficient (Wildman–Crippen LogP) is 6.25. The number of anilines is 1. The lowest BCUT2D eigenvalue weighted by Crippen LogP contribution is -2.57. The number of hydrogen-bond acceptors (Lipinski definition) is 5. The number of nitrogens with one attached hydrogen (secondary N) is 2. The lowest BCUT2D eigenvalue weighted by atomic mass is 9.59. The first-order valence-corrected chi connectivity index (χ1v) is 13.8. The maximum atomic E-state index is 14.7. The zero-order chi connectivity index (χ0) is 29.7. The van der Waals surface area contributed by atoms with Gasteiger partial charge in [-0.05, 0) is 79.9 Å². The molecule has 3 aromatic rings. The standard InChI is InChI=1S/C31H29Cl2FN2O5/c1-16-5-8-19(34)13-20(16)27-31(22-9-6-18(33)12-24(22)35-28(31)38)23(14-26(37)36-27)21-11-17(32)7-10-25(21)41-15-30(2,3)29(39)40-4/h5-13,23,27H,14-15H2,1-4H3,(H,35,38)(H,36,37)/t23-,27?,31-/m1/s1. The molecule has 214 valence electrons. The lowest BCUT2D eigenvalue weighted by Gasteiger charge is -2.47. The molecule has 1 unspecified atom stereocenters. The molecule has 2 heterocycles. The number of amides is 2. The number of benzene rings is 3. The fourth-order valence-corrected chi connectivity index (χ4v) is 6.31. The van der Waals surface area contributed by atoms with Gasteiger partial charge in [-0.15, -0.1) is 0 Å². The Morgan fingerprint density at radius 2 is 1.76 bits per heavy atom. The van der Waals surface area contributed by atoms with E-state index in [9.17, 15) is 18.8 Å². The van der Waals surface area contributed by atoms with Crippen LogP contribution >= 0.6 is 23.2 Å². The maximum Gasteiger partial charge on any atom is 0.314 e. The number of hydrogen-bond donors (Lipinski definition) is 2. The van der Waals surface area contributed by atoms with Gasteiger partial charge in [-0.25, -0.2) is 4.39 Å². The minimum atomic E-state index is -1.42. The van der Waals surface area contributed by atoms with Crippen LogP contribution in [0.5, 0.6) is 5.75 Å². The fraction of sp³-hybridized carbons (Fsp3) is 0.323. The van der Waals surface area contributed by atoms with E-state index in [-0.39, 0.29) is 24.8 Å². The van der Waals surface area contributed by atoms with E-state index in [1.54, 1.807) is 63.2 Å². The highest BCUT2D eigenvalue weighted by Crippen LogP contribution is 2.59. The predicted molar refractivity (Wildman–Crippen MR) is 154 cm³/mol. The highest BCUT2D eigenvalue weighted by atomic mass is 35.5. The van der Waals surface area contributed by atoms with E-state index < -0.39 is 34.6 Å². The number of rotatable bonds is 6. The lowest BCUT2D eigenvalue weighted by molar-refractivity contribution is -0.152. The van der Waals surface area contributed by atoms with E-state index in [0.717, 1.165) is 0 Å². The Kier molecular flexibility index (Phi) is 7.51. The van der Waals surface area contributed by atoms with Crippen LogP contribution < -0.4 is 15.4 Å². The molecule has 7 nitrogen and oxygen atoms in total. The number of piperidine rings is 1. The van der Waals surface area contributed by atoms with Crippen LogP contribution in [0.4, 0.5) is 10.1 Å². The minimum absolute atomic E-state index is 0.0367. The zero-order valence-corrected chi connectivity index (χ0v) is 24.5. The van der Waals surface area contributed by atoms with Crippen molar-refractivity contribution in [2.75, 3.05) is 19.0 Å². The second-order valence-electron chi connectivity index (χ2n) is 11.1. The Hall–Kier alpha value is -3.62. The third kappa shape index (κ3) is 4.93. The van der Waals surface area contributed by atoms with Gasteiger partial charge in [0.2, 0.25) is 11.8 Å². The summed E-state index contributed by atoms with van der Waals surface area (Å²) in [6, 6.07) is 13.4. The van der Waals surface area contributed by atoms with Crippen molar-refractivity contribution in [1.29, 1.82) is 0 Å². The zero-order valence-electron chi connectivity index (χ0n) is 22.9. The second kappa shape index (κ2) is 10.7. The van der Waals surface area contributed by atoms with E-state index in [2.05, 4.69) is 10.6 Å². The van der Waals surface area contributed by atoms with Crippen molar-refractivity contribution in [3.63, 3.8) is 0 Å². The first kappa shape index (κ1) is 28.9. The van der Waals surface area contributed by atoms with Crippen molar-refractivity contribution in [1.82, 2.24) is 5.32 Å². The number of halogens is 3. The van der Waals surface area contributed by atoms with E-state index in [1.807, 2.05) is 0 Å². The molecule has 1 spiro atoms. The van der Waals surface area contributed by atoms with Crippen LogP contribution in [-0.4, -0.2) is 31.5 Å². The molecule has 2 aliphatic rings. The highest BCUT2D eigenvalue weighted by molar-refractivity contribution is 6.31. The monoisotopic (exact) mass is 598 g/mol. The molecule has 2 N–H and O–H groups in total. The molecule has 1 saturated heterocycles. The Bertz CT molecular complexity index is 1580. The van der Waals surface area contributed by atoms with Gasteiger partial charge in [-0.3, -0.25) is 14.4 Å². The summed E-state index contributed by atoms with van der Waals surface area (Å²) in [5, 5.41) is 6.75. The van der Waals surface area contributed by atoms with Crippen molar-refractivity contribution in [2.24, 2.45) is 5.41 Å². The molecule has 0 radical (unpaired) electrons. The highest BCUT2D eigenvalue weighted by Gasteiger charge is 2.62. The van der Waals surface area contributed by atoms with Crippen LogP contribution in [0.3, 0.4) is 0 Å². The van der Waals surface area contributed by atoms with E-state index in [0.29, 0.717) is 43.7 Å². The van der Waals surface area contributed by atoms with Crippen molar-refractivity contribution in [3.05, 3.63) is 92.7 Å². The molecular weight excluding hydrogens is 570 g/mol. The van der Waals surface area contributed by atoms with Crippen LogP contribution in [0.1, 0.15) is 54.5 Å². The molecule has 3 atom stereocenters. The summed E-state index contributed by atoms with van der Waals surface area (Å²) in [7, 11) is 1.30. The Labute approximate surface area is 247 Å². The quantitative estimate of drug-likeness (QED) is 0.327. The fourth-order valence-electron chi connectivity index (χ4n) is 5.96. The SMILES string of the molecule is COC(=O)C(C)(C)COc1ccc(Cl)cc1[C@H]1CC(=O)NC(c2cc(F)ccc2C)[C@]12C(=O)Nc1cc(Cl)ccc12. The summed E-state index contributed by atoms with van der Waals surface area (Å²) in [4.78, 5) is 40.0. The number of fused-ring (bicyclic) bond motifs is 2. The Morgan fingerprint density at radius 3 is 2.49 bits per heavy atom. The number of aryl methyl sites for hydroxylation is 1. The Morgan fingerprint density at radius 1 is 1.05 bits per heavy atom. The molecule has 1 fully saturated rings. The smallest absolute Gasteiger partial charge is 0.314 e. The molecule has 0 bridgehead atoms. The largest absolute Gasteiger partial charge is 0.492 e. The van der Waals surface area contributed by atoms with Gasteiger partial charge in [-0.1, -0.05) is 35.3 Å². The van der Waals surface area contributed by atoms with Crippen molar-refractivity contribution in [3.8, 4) is 5.75 Å². The summed E-state index contributed by atoms with van der Waals surface area (Å²) < 4.78 is 25.8. The minimum Gasteiger partial charge on any atom is -0.492 e. The molecular formula is C31H29Cl2FN2O5. The Balaban J connectivity index is 1.75. The molecule has 0 aliphatic carbocycles. The van der Waals surface area contributed by atoms with Crippen molar-refractivity contribution < 1.29 is 28.2 Å². The number of carbonyl (C=O) groups excluding carboxylic acids is 3. The van der Waals surface area contributed by atoms with Gasteiger partial charge in [-0.2, -0.15) is 0 Å². The van der Waals surface area contributed by atoms with Crippen molar-refractivity contribution >= 4 is 46.7 Å². The molecule has 2 amide bonds. The average Bonchev–Trinajstić information content (AvgIpc) is 3.20. The molecule has 3 aromatic carbocycles. The summed E-state index contributed by atoms with van der Waals surface area (Å²) in [5.74, 6) is -2.09. The van der Waals surface area contributed by atoms with Gasteiger partial charge < -0.3 is 20.1 Å². The van der Waals surface area contributed by atoms with Gasteiger partial charge in [0, 0.05) is 33.6 Å². The summed E-state index contributed by atoms with van der Waals surface area (Å²) in [6.45, 7) is 5.15. The molecule has 0 aromatic heterocycles. The number of carbonyl (C=O) groups is 3. The van der Waals surface area contributed by atoms with Crippen LogP contribution in [-0.2, 0) is 24.5 Å². The second-order valence-corrected chi connectivity index (χ2v) is 12.0. The third-order valence-electron chi connectivity index (χ3n) is 7.98. The average molecular weight is 599 g/mol. The van der Waals surface area contributed by atoms with Crippen LogP contribution in [0.25, 0.3) is 0 Å². The first-order valence-electron chi connectivity index (χ1n) is 13.1.